The summed E-state index contributed by atoms with van der Waals surface area (Å²) in [6, 6.07) is 11.1. The lowest BCUT2D eigenvalue weighted by molar-refractivity contribution is 0.00316. The highest BCUT2D eigenvalue weighted by atomic mass is 16.3. The Balaban J connectivity index is 2.04. The average Bonchev–Trinajstić information content (AvgIpc) is 2.96. The van der Waals surface area contributed by atoms with Gasteiger partial charge in [-0.25, -0.2) is 0 Å². The molecule has 0 spiro atoms. The van der Waals surface area contributed by atoms with E-state index in [9.17, 15) is 9.90 Å². The van der Waals surface area contributed by atoms with E-state index in [0.29, 0.717) is 11.4 Å². The van der Waals surface area contributed by atoms with Gasteiger partial charge >= 0.3 is 0 Å². The number of aromatic nitrogens is 2. The van der Waals surface area contributed by atoms with Crippen molar-refractivity contribution in [2.45, 2.75) is 12.5 Å². The zero-order chi connectivity index (χ0) is 14.6. The van der Waals surface area contributed by atoms with Crippen LogP contribution < -0.4 is 5.32 Å². The monoisotopic (exact) mass is 275 g/mol. The van der Waals surface area contributed by atoms with Crippen LogP contribution in [0, 0.1) is 0 Å². The molecule has 1 unspecified atom stereocenters. The second-order valence-corrected chi connectivity index (χ2v) is 4.87. The fourth-order valence-electron chi connectivity index (χ4n) is 1.62. The third kappa shape index (κ3) is 3.43. The highest BCUT2D eigenvalue weighted by Gasteiger charge is 2.20. The average molecular weight is 275 g/mol. The molecule has 6 heteroatoms. The van der Waals surface area contributed by atoms with Crippen LogP contribution in [0.25, 0.3) is 11.3 Å². The SMILES string of the molecule is CC(O)(CO)CNC(=O)c1cc(-c2ccccc2)n[nH]1. The Morgan fingerprint density at radius 2 is 2.10 bits per heavy atom. The van der Waals surface area contributed by atoms with Gasteiger partial charge in [0.25, 0.3) is 5.91 Å². The van der Waals surface area contributed by atoms with E-state index in [1.807, 2.05) is 30.3 Å². The fourth-order valence-corrected chi connectivity index (χ4v) is 1.62. The predicted molar refractivity (Wildman–Crippen MR) is 74.1 cm³/mol. The first-order valence-electron chi connectivity index (χ1n) is 6.24. The van der Waals surface area contributed by atoms with Gasteiger partial charge in [-0.3, -0.25) is 9.89 Å². The molecular weight excluding hydrogens is 258 g/mol. The van der Waals surface area contributed by atoms with Crippen LogP contribution in [-0.4, -0.2) is 45.1 Å². The number of carbonyl (C=O) groups is 1. The Kier molecular flexibility index (Phi) is 4.16. The molecule has 2 aromatic rings. The third-order valence-corrected chi connectivity index (χ3v) is 2.86. The van der Waals surface area contributed by atoms with Crippen molar-refractivity contribution < 1.29 is 15.0 Å². The molecule has 0 aliphatic rings. The lowest BCUT2D eigenvalue weighted by Gasteiger charge is -2.20. The van der Waals surface area contributed by atoms with Gasteiger partial charge in [0.2, 0.25) is 0 Å². The second-order valence-electron chi connectivity index (χ2n) is 4.87. The summed E-state index contributed by atoms with van der Waals surface area (Å²) in [6.07, 6.45) is 0. The number of hydrogen-bond acceptors (Lipinski definition) is 4. The van der Waals surface area contributed by atoms with Gasteiger partial charge in [0.1, 0.15) is 11.3 Å². The summed E-state index contributed by atoms with van der Waals surface area (Å²) >= 11 is 0. The Morgan fingerprint density at radius 1 is 1.40 bits per heavy atom. The van der Waals surface area contributed by atoms with Crippen LogP contribution in [-0.2, 0) is 0 Å². The van der Waals surface area contributed by atoms with Crippen LogP contribution in [0.4, 0.5) is 0 Å². The lowest BCUT2D eigenvalue weighted by atomic mass is 10.1. The summed E-state index contributed by atoms with van der Waals surface area (Å²) in [5.41, 5.74) is 0.546. The molecule has 6 nitrogen and oxygen atoms in total. The van der Waals surface area contributed by atoms with Gasteiger partial charge in [0, 0.05) is 12.1 Å². The van der Waals surface area contributed by atoms with Crippen LogP contribution in [0.3, 0.4) is 0 Å². The number of hydrogen-bond donors (Lipinski definition) is 4. The molecule has 0 fully saturated rings. The third-order valence-electron chi connectivity index (χ3n) is 2.86. The van der Waals surface area contributed by atoms with Crippen molar-refractivity contribution in [2.75, 3.05) is 13.2 Å². The van der Waals surface area contributed by atoms with Crippen molar-refractivity contribution in [1.29, 1.82) is 0 Å². The molecule has 1 aromatic carbocycles. The van der Waals surface area contributed by atoms with Crippen LogP contribution in [0.15, 0.2) is 36.4 Å². The van der Waals surface area contributed by atoms with Crippen molar-refractivity contribution in [1.82, 2.24) is 15.5 Å². The van der Waals surface area contributed by atoms with Crippen LogP contribution in [0.5, 0.6) is 0 Å². The molecule has 0 radical (unpaired) electrons. The molecule has 1 aromatic heterocycles. The van der Waals surface area contributed by atoms with E-state index < -0.39 is 12.2 Å². The Labute approximate surface area is 116 Å². The van der Waals surface area contributed by atoms with Crippen molar-refractivity contribution in [3.63, 3.8) is 0 Å². The first kappa shape index (κ1) is 14.2. The van der Waals surface area contributed by atoms with Gasteiger partial charge in [-0.1, -0.05) is 30.3 Å². The minimum atomic E-state index is -1.34. The van der Waals surface area contributed by atoms with E-state index in [1.165, 1.54) is 6.92 Å². The fraction of sp³-hybridized carbons (Fsp3) is 0.286. The molecule has 0 aliphatic heterocycles. The van der Waals surface area contributed by atoms with E-state index in [-0.39, 0.29) is 12.5 Å². The minimum absolute atomic E-state index is 0.0397. The number of aliphatic hydroxyl groups is 2. The van der Waals surface area contributed by atoms with Gasteiger partial charge in [0.15, 0.2) is 0 Å². The summed E-state index contributed by atoms with van der Waals surface area (Å²) in [7, 11) is 0. The number of nitrogens with one attached hydrogen (secondary N) is 2. The molecule has 1 atom stereocenters. The summed E-state index contributed by atoms with van der Waals surface area (Å²) in [5.74, 6) is -0.381. The van der Waals surface area contributed by atoms with Crippen LogP contribution in [0.1, 0.15) is 17.4 Å². The van der Waals surface area contributed by atoms with Gasteiger partial charge in [-0.15, -0.1) is 0 Å². The van der Waals surface area contributed by atoms with E-state index in [4.69, 9.17) is 5.11 Å². The topological polar surface area (TPSA) is 98.2 Å². The highest BCUT2D eigenvalue weighted by molar-refractivity contribution is 5.93. The van der Waals surface area contributed by atoms with E-state index in [1.54, 1.807) is 6.07 Å². The molecule has 20 heavy (non-hydrogen) atoms. The first-order valence-corrected chi connectivity index (χ1v) is 6.24. The van der Waals surface area contributed by atoms with Gasteiger partial charge in [0.05, 0.1) is 12.3 Å². The van der Waals surface area contributed by atoms with Crippen molar-refractivity contribution in [3.8, 4) is 11.3 Å². The Hall–Kier alpha value is -2.18. The maximum absolute atomic E-state index is 11.9. The molecule has 2 rings (SSSR count). The number of aromatic amines is 1. The zero-order valence-electron chi connectivity index (χ0n) is 11.1. The van der Waals surface area contributed by atoms with Crippen LogP contribution in [0.2, 0.25) is 0 Å². The zero-order valence-corrected chi connectivity index (χ0v) is 11.1. The summed E-state index contributed by atoms with van der Waals surface area (Å²) in [5, 5.41) is 27.8. The van der Waals surface area contributed by atoms with E-state index in [2.05, 4.69) is 15.5 Å². The van der Waals surface area contributed by atoms with E-state index >= 15 is 0 Å². The minimum Gasteiger partial charge on any atom is -0.393 e. The molecule has 4 N–H and O–H groups in total. The number of carbonyl (C=O) groups excluding carboxylic acids is 1. The number of H-pyrrole nitrogens is 1. The predicted octanol–water partition coefficient (Wildman–Crippen LogP) is 0.550. The standard InChI is InChI=1S/C14H17N3O3/c1-14(20,9-18)8-15-13(19)12-7-11(16-17-12)10-5-3-2-4-6-10/h2-7,18,20H,8-9H2,1H3,(H,15,19)(H,16,17). The van der Waals surface area contributed by atoms with Gasteiger partial charge < -0.3 is 15.5 Å². The molecule has 106 valence electrons. The maximum Gasteiger partial charge on any atom is 0.269 e. The normalized spacial score (nSPS) is 13.8. The quantitative estimate of drug-likeness (QED) is 0.640. The van der Waals surface area contributed by atoms with Crippen molar-refractivity contribution >= 4 is 5.91 Å². The van der Waals surface area contributed by atoms with E-state index in [0.717, 1.165) is 5.56 Å². The number of nitrogens with zero attached hydrogens (tertiary/aromatic N) is 1. The van der Waals surface area contributed by atoms with Gasteiger partial charge in [-0.2, -0.15) is 5.10 Å². The highest BCUT2D eigenvalue weighted by Crippen LogP contribution is 2.16. The molecule has 1 heterocycles. The first-order chi connectivity index (χ1) is 9.52. The maximum atomic E-state index is 11.9. The summed E-state index contributed by atoms with van der Waals surface area (Å²) < 4.78 is 0. The number of rotatable bonds is 5. The number of amides is 1. The molecule has 0 saturated heterocycles. The van der Waals surface area contributed by atoms with Crippen molar-refractivity contribution in [2.24, 2.45) is 0 Å². The smallest absolute Gasteiger partial charge is 0.269 e. The summed E-state index contributed by atoms with van der Waals surface area (Å²) in [6.45, 7) is 0.975. The van der Waals surface area contributed by atoms with Gasteiger partial charge in [-0.05, 0) is 13.0 Å². The number of aliphatic hydroxyl groups excluding tert-OH is 1. The molecular formula is C14H17N3O3. The second kappa shape index (κ2) is 5.85. The van der Waals surface area contributed by atoms with Crippen LogP contribution >= 0.6 is 0 Å². The Morgan fingerprint density at radius 3 is 2.75 bits per heavy atom. The van der Waals surface area contributed by atoms with Crippen molar-refractivity contribution in [3.05, 3.63) is 42.1 Å². The molecule has 0 aliphatic carbocycles. The lowest BCUT2D eigenvalue weighted by Crippen LogP contribution is -2.43. The largest absolute Gasteiger partial charge is 0.393 e. The Bertz CT molecular complexity index is 578. The molecule has 0 bridgehead atoms. The number of benzene rings is 1. The molecule has 0 saturated carbocycles. The molecule has 1 amide bonds. The summed E-state index contributed by atoms with van der Waals surface area (Å²) in [4.78, 5) is 11.9.